The van der Waals surface area contributed by atoms with Crippen molar-refractivity contribution in [1.82, 2.24) is 0 Å². The Hall–Kier alpha value is -1.84. The highest BCUT2D eigenvalue weighted by Crippen LogP contribution is 2.06. The second-order valence-corrected chi connectivity index (χ2v) is 6.03. The van der Waals surface area contributed by atoms with E-state index in [0.29, 0.717) is 19.7 Å². The first-order chi connectivity index (χ1) is 12.0. The number of carbonyl (C=O) groups is 2. The summed E-state index contributed by atoms with van der Waals surface area (Å²) in [5.74, 6) is -0.228. The summed E-state index contributed by atoms with van der Waals surface area (Å²) in [4.78, 5) is 20.6. The van der Waals surface area contributed by atoms with E-state index in [9.17, 15) is 9.59 Å². The molecule has 0 aliphatic heterocycles. The molecule has 0 atom stereocenters. The average Bonchev–Trinajstić information content (AvgIpc) is 2.55. The number of ether oxygens (including phenoxy) is 2. The fourth-order valence-corrected chi connectivity index (χ4v) is 1.81. The van der Waals surface area contributed by atoms with Gasteiger partial charge in [-0.15, -0.1) is 0 Å². The van der Waals surface area contributed by atoms with Crippen LogP contribution in [0.4, 0.5) is 0 Å². The lowest BCUT2D eigenvalue weighted by atomic mass is 10.1. The molecule has 0 saturated heterocycles. The van der Waals surface area contributed by atoms with E-state index in [-0.39, 0.29) is 5.97 Å². The van der Waals surface area contributed by atoms with E-state index in [2.05, 4.69) is 31.6 Å². The molecule has 0 unspecified atom stereocenters. The maximum Gasteiger partial charge on any atom is 0.330 e. The summed E-state index contributed by atoms with van der Waals surface area (Å²) in [6, 6.07) is 0. The van der Waals surface area contributed by atoms with Crippen molar-refractivity contribution >= 4 is 12.4 Å². The molecule has 144 valence electrons. The summed E-state index contributed by atoms with van der Waals surface area (Å²) < 4.78 is 9.46. The Labute approximate surface area is 154 Å². The van der Waals surface area contributed by atoms with E-state index in [1.54, 1.807) is 13.0 Å². The second-order valence-electron chi connectivity index (χ2n) is 6.03. The highest BCUT2D eigenvalue weighted by molar-refractivity contribution is 5.81. The van der Waals surface area contributed by atoms with Gasteiger partial charge in [-0.25, -0.2) is 4.79 Å². The van der Waals surface area contributed by atoms with Gasteiger partial charge >= 0.3 is 5.97 Å². The fraction of sp³-hybridized carbons (Fsp3) is 0.619. The highest BCUT2D eigenvalue weighted by atomic mass is 16.5. The Kier molecular flexibility index (Phi) is 20.5. The minimum Gasteiger partial charge on any atom is -0.464 e. The Morgan fingerprint density at radius 1 is 1.04 bits per heavy atom. The predicted molar refractivity (Wildman–Crippen MR) is 104 cm³/mol. The quantitative estimate of drug-likeness (QED) is 0.152. The Morgan fingerprint density at radius 2 is 1.76 bits per heavy atom. The van der Waals surface area contributed by atoms with Crippen LogP contribution in [0.2, 0.25) is 0 Å². The molecular weight excluding hydrogens is 316 g/mol. The number of allylic oxidation sites excluding steroid dienone is 4. The number of esters is 1. The molecule has 0 bridgehead atoms. The van der Waals surface area contributed by atoms with Crippen LogP contribution in [0.25, 0.3) is 0 Å². The molecule has 0 rings (SSSR count). The molecule has 4 heteroatoms. The van der Waals surface area contributed by atoms with Gasteiger partial charge in [-0.3, -0.25) is 4.79 Å². The molecule has 0 aliphatic rings. The maximum atomic E-state index is 10.8. The second kappa shape index (κ2) is 20.2. The van der Waals surface area contributed by atoms with E-state index in [1.807, 2.05) is 13.0 Å². The Morgan fingerprint density at radius 3 is 2.32 bits per heavy atom. The summed E-state index contributed by atoms with van der Waals surface area (Å²) in [6.45, 7) is 11.6. The van der Waals surface area contributed by atoms with Gasteiger partial charge in [0.1, 0.15) is 6.61 Å². The van der Waals surface area contributed by atoms with Gasteiger partial charge in [0.15, 0.2) is 0 Å². The van der Waals surface area contributed by atoms with Gasteiger partial charge in [0.2, 0.25) is 0 Å². The maximum absolute atomic E-state index is 10.8. The summed E-state index contributed by atoms with van der Waals surface area (Å²) in [6.07, 6.45) is 13.9. The molecule has 0 aromatic rings. The lowest BCUT2D eigenvalue weighted by Gasteiger charge is -2.00. The number of hydrogen-bond donors (Lipinski definition) is 0. The van der Waals surface area contributed by atoms with Crippen LogP contribution in [-0.4, -0.2) is 25.7 Å². The molecule has 0 heterocycles. The number of carbonyl (C=O) groups excluding carboxylic acids is 2. The minimum absolute atomic E-state index is 0.228. The molecule has 0 aromatic heterocycles. The van der Waals surface area contributed by atoms with Crippen LogP contribution < -0.4 is 0 Å². The third-order valence-corrected chi connectivity index (χ3v) is 3.23. The van der Waals surface area contributed by atoms with Crippen molar-refractivity contribution in [3.05, 3.63) is 35.5 Å². The van der Waals surface area contributed by atoms with Gasteiger partial charge in [0.25, 0.3) is 6.47 Å². The van der Waals surface area contributed by atoms with E-state index in [4.69, 9.17) is 4.74 Å². The first-order valence-corrected chi connectivity index (χ1v) is 9.11. The van der Waals surface area contributed by atoms with Crippen LogP contribution in [0.15, 0.2) is 35.5 Å². The van der Waals surface area contributed by atoms with Gasteiger partial charge in [-0.2, -0.15) is 0 Å². The molecule has 0 spiro atoms. The Bertz CT molecular complexity index is 416. The minimum atomic E-state index is -0.228. The Balaban J connectivity index is 0. The summed E-state index contributed by atoms with van der Waals surface area (Å²) in [5, 5.41) is 0. The summed E-state index contributed by atoms with van der Waals surface area (Å²) >= 11 is 0. The van der Waals surface area contributed by atoms with Crippen molar-refractivity contribution in [2.75, 3.05) is 13.2 Å². The zero-order valence-corrected chi connectivity index (χ0v) is 16.7. The lowest BCUT2D eigenvalue weighted by molar-refractivity contribution is -0.137. The first kappa shape index (κ1) is 25.4. The van der Waals surface area contributed by atoms with E-state index < -0.39 is 0 Å². The molecule has 25 heavy (non-hydrogen) atoms. The number of rotatable bonds is 12. The van der Waals surface area contributed by atoms with Crippen molar-refractivity contribution < 1.29 is 19.1 Å². The first-order valence-electron chi connectivity index (χ1n) is 9.11. The third-order valence-electron chi connectivity index (χ3n) is 3.23. The SMILES string of the molecule is CC(C)=CCC/C(C)=C\COC=O.CC=CC(=O)OCCCCCC. The zero-order chi connectivity index (χ0) is 19.3. The van der Waals surface area contributed by atoms with E-state index >= 15 is 0 Å². The van der Waals surface area contributed by atoms with Gasteiger partial charge < -0.3 is 9.47 Å². The topological polar surface area (TPSA) is 52.6 Å². The highest BCUT2D eigenvalue weighted by Gasteiger charge is 1.94. The summed E-state index contributed by atoms with van der Waals surface area (Å²) in [7, 11) is 0. The average molecular weight is 353 g/mol. The van der Waals surface area contributed by atoms with Gasteiger partial charge in [-0.1, -0.05) is 49.5 Å². The molecule has 0 saturated carbocycles. The monoisotopic (exact) mass is 352 g/mol. The normalized spacial score (nSPS) is 10.7. The molecule has 0 amide bonds. The van der Waals surface area contributed by atoms with Crippen LogP contribution in [-0.2, 0) is 19.1 Å². The third kappa shape index (κ3) is 24.5. The zero-order valence-electron chi connectivity index (χ0n) is 16.7. The largest absolute Gasteiger partial charge is 0.464 e. The van der Waals surface area contributed by atoms with Gasteiger partial charge in [-0.05, 0) is 53.0 Å². The predicted octanol–water partition coefficient (Wildman–Crippen LogP) is 5.54. The van der Waals surface area contributed by atoms with Gasteiger partial charge in [0.05, 0.1) is 6.61 Å². The number of unbranched alkanes of at least 4 members (excludes halogenated alkanes) is 3. The van der Waals surface area contributed by atoms with Crippen molar-refractivity contribution in [3.63, 3.8) is 0 Å². The van der Waals surface area contributed by atoms with Crippen LogP contribution in [0.5, 0.6) is 0 Å². The molecule has 0 radical (unpaired) electrons. The van der Waals surface area contributed by atoms with Crippen molar-refractivity contribution in [2.45, 2.75) is 73.1 Å². The van der Waals surface area contributed by atoms with Crippen LogP contribution in [0.1, 0.15) is 73.1 Å². The smallest absolute Gasteiger partial charge is 0.330 e. The number of hydrogen-bond acceptors (Lipinski definition) is 4. The van der Waals surface area contributed by atoms with Crippen LogP contribution >= 0.6 is 0 Å². The van der Waals surface area contributed by atoms with Crippen molar-refractivity contribution in [1.29, 1.82) is 0 Å². The molecule has 0 N–H and O–H groups in total. The fourth-order valence-electron chi connectivity index (χ4n) is 1.81. The van der Waals surface area contributed by atoms with E-state index in [1.165, 1.54) is 30.1 Å². The van der Waals surface area contributed by atoms with Crippen LogP contribution in [0, 0.1) is 0 Å². The summed E-state index contributed by atoms with van der Waals surface area (Å²) in [5.41, 5.74) is 2.61. The van der Waals surface area contributed by atoms with Crippen LogP contribution in [0.3, 0.4) is 0 Å². The molecule has 0 fully saturated rings. The lowest BCUT2D eigenvalue weighted by Crippen LogP contribution is -2.01. The standard InChI is InChI=1S/C11H18O2.C10H18O2/c1-10(2)5-4-6-11(3)7-8-13-9-12;1-3-5-6-7-9-12-10(11)8-4-2/h5,7,9H,4,6,8H2,1-3H3;4,8H,3,5-7,9H2,1-2H3/b11-7-;. The van der Waals surface area contributed by atoms with Crippen molar-refractivity contribution in [2.24, 2.45) is 0 Å². The van der Waals surface area contributed by atoms with Gasteiger partial charge in [0, 0.05) is 6.08 Å². The van der Waals surface area contributed by atoms with E-state index in [0.717, 1.165) is 25.7 Å². The molecule has 0 aromatic carbocycles. The van der Waals surface area contributed by atoms with Crippen molar-refractivity contribution in [3.8, 4) is 0 Å². The molecule has 0 aliphatic carbocycles. The molecule has 4 nitrogen and oxygen atoms in total. The molecular formula is C21H36O4.